The minimum absolute atomic E-state index is 0.0251. The Morgan fingerprint density at radius 2 is 1.67 bits per heavy atom. The van der Waals surface area contributed by atoms with Crippen molar-refractivity contribution >= 4 is 23.3 Å². The third kappa shape index (κ3) is 3.52. The van der Waals surface area contributed by atoms with Gasteiger partial charge in [-0.05, 0) is 31.6 Å². The number of anilines is 3. The minimum atomic E-state index is -0.447. The number of nitro groups is 1. The van der Waals surface area contributed by atoms with Crippen LogP contribution in [0.5, 0.6) is 0 Å². The van der Waals surface area contributed by atoms with E-state index in [2.05, 4.69) is 21.8 Å². The Kier molecular flexibility index (Phi) is 5.01. The Hall–Kier alpha value is -2.12. The molecule has 8 heteroatoms. The van der Waals surface area contributed by atoms with E-state index in [-0.39, 0.29) is 11.5 Å². The molecule has 0 spiro atoms. The summed E-state index contributed by atoms with van der Waals surface area (Å²) in [6.07, 6.45) is 6.53. The van der Waals surface area contributed by atoms with Crippen LogP contribution in [0.4, 0.5) is 23.3 Å². The van der Waals surface area contributed by atoms with Crippen molar-refractivity contribution in [3.63, 3.8) is 0 Å². The van der Waals surface area contributed by atoms with E-state index < -0.39 is 4.92 Å². The van der Waals surface area contributed by atoms with Crippen molar-refractivity contribution in [1.82, 2.24) is 9.97 Å². The molecule has 0 amide bonds. The number of aromatic nitrogens is 2. The SMILES string of the molecule is CC1CCN(c2nc(N)c([N+](=O)[O-])c(N3CCCCCC3)n2)CC1. The summed E-state index contributed by atoms with van der Waals surface area (Å²) < 4.78 is 0. The molecule has 8 nitrogen and oxygen atoms in total. The van der Waals surface area contributed by atoms with Crippen LogP contribution in [0, 0.1) is 16.0 Å². The van der Waals surface area contributed by atoms with Gasteiger partial charge in [-0.3, -0.25) is 10.1 Å². The van der Waals surface area contributed by atoms with Crippen LogP contribution in [-0.4, -0.2) is 41.1 Å². The first-order valence-corrected chi connectivity index (χ1v) is 8.88. The lowest BCUT2D eigenvalue weighted by Gasteiger charge is -2.31. The lowest BCUT2D eigenvalue weighted by molar-refractivity contribution is -0.383. The Bertz CT molecular complexity index is 592. The molecular weight excluding hydrogens is 308 g/mol. The van der Waals surface area contributed by atoms with Crippen molar-refractivity contribution in [2.24, 2.45) is 5.92 Å². The summed E-state index contributed by atoms with van der Waals surface area (Å²) in [5.41, 5.74) is 5.81. The van der Waals surface area contributed by atoms with Crippen LogP contribution in [0.15, 0.2) is 0 Å². The van der Waals surface area contributed by atoms with Crippen LogP contribution in [0.1, 0.15) is 45.4 Å². The summed E-state index contributed by atoms with van der Waals surface area (Å²) in [5, 5.41) is 11.5. The van der Waals surface area contributed by atoms with Gasteiger partial charge in [0.05, 0.1) is 4.92 Å². The molecule has 0 radical (unpaired) electrons. The van der Waals surface area contributed by atoms with Gasteiger partial charge in [0.15, 0.2) is 0 Å². The van der Waals surface area contributed by atoms with Crippen LogP contribution in [0.2, 0.25) is 0 Å². The second-order valence-corrected chi connectivity index (χ2v) is 6.91. The van der Waals surface area contributed by atoms with E-state index in [4.69, 9.17) is 5.73 Å². The van der Waals surface area contributed by atoms with Crippen LogP contribution in [0.25, 0.3) is 0 Å². The maximum atomic E-state index is 11.5. The number of nitrogens with zero attached hydrogens (tertiary/aromatic N) is 5. The Morgan fingerprint density at radius 3 is 2.25 bits per heavy atom. The highest BCUT2D eigenvalue weighted by Crippen LogP contribution is 2.34. The molecule has 24 heavy (non-hydrogen) atoms. The monoisotopic (exact) mass is 334 g/mol. The van der Waals surface area contributed by atoms with Gasteiger partial charge in [0, 0.05) is 26.2 Å². The van der Waals surface area contributed by atoms with Gasteiger partial charge in [0.1, 0.15) is 0 Å². The van der Waals surface area contributed by atoms with Gasteiger partial charge in [0.25, 0.3) is 0 Å². The topological polar surface area (TPSA) is 101 Å². The highest BCUT2D eigenvalue weighted by molar-refractivity contribution is 5.71. The van der Waals surface area contributed by atoms with Crippen molar-refractivity contribution < 1.29 is 4.92 Å². The van der Waals surface area contributed by atoms with E-state index in [1.165, 1.54) is 0 Å². The highest BCUT2D eigenvalue weighted by atomic mass is 16.6. The number of rotatable bonds is 3. The molecule has 2 fully saturated rings. The van der Waals surface area contributed by atoms with E-state index in [9.17, 15) is 10.1 Å². The van der Waals surface area contributed by atoms with Crippen molar-refractivity contribution in [2.75, 3.05) is 41.7 Å². The fraction of sp³-hybridized carbons (Fsp3) is 0.750. The Balaban J connectivity index is 1.95. The molecule has 3 heterocycles. The molecule has 2 aliphatic heterocycles. The van der Waals surface area contributed by atoms with Gasteiger partial charge in [-0.1, -0.05) is 19.8 Å². The van der Waals surface area contributed by atoms with E-state index in [0.717, 1.165) is 64.7 Å². The number of piperidine rings is 1. The third-order valence-corrected chi connectivity index (χ3v) is 5.04. The first kappa shape index (κ1) is 16.7. The summed E-state index contributed by atoms with van der Waals surface area (Å²) in [5.74, 6) is 1.59. The van der Waals surface area contributed by atoms with E-state index in [0.29, 0.717) is 17.7 Å². The zero-order valence-electron chi connectivity index (χ0n) is 14.3. The van der Waals surface area contributed by atoms with Gasteiger partial charge >= 0.3 is 5.69 Å². The third-order valence-electron chi connectivity index (χ3n) is 5.04. The van der Waals surface area contributed by atoms with Crippen molar-refractivity contribution in [2.45, 2.75) is 45.4 Å². The minimum Gasteiger partial charge on any atom is -0.378 e. The van der Waals surface area contributed by atoms with E-state index in [1.807, 2.05) is 4.90 Å². The number of nitrogens with two attached hydrogens (primary N) is 1. The predicted octanol–water partition coefficient (Wildman–Crippen LogP) is 2.58. The van der Waals surface area contributed by atoms with E-state index in [1.54, 1.807) is 0 Å². The molecule has 2 N–H and O–H groups in total. The summed E-state index contributed by atoms with van der Waals surface area (Å²) in [6.45, 7) is 5.56. The van der Waals surface area contributed by atoms with Crippen molar-refractivity contribution in [3.8, 4) is 0 Å². The zero-order valence-corrected chi connectivity index (χ0v) is 14.3. The molecule has 0 atom stereocenters. The maximum Gasteiger partial charge on any atom is 0.353 e. The van der Waals surface area contributed by atoms with Crippen molar-refractivity contribution in [1.29, 1.82) is 0 Å². The standard InChI is InChI=1S/C16H26N6O2/c1-12-6-10-21(11-7-12)16-18-14(17)13(22(23)24)15(19-16)20-8-4-2-3-5-9-20/h12H,2-11H2,1H3,(H2,17,18,19). The molecule has 1 aromatic heterocycles. The van der Waals surface area contributed by atoms with Crippen LogP contribution >= 0.6 is 0 Å². The average molecular weight is 334 g/mol. The lowest BCUT2D eigenvalue weighted by Crippen LogP contribution is -2.35. The summed E-state index contributed by atoms with van der Waals surface area (Å²) in [6, 6.07) is 0. The Morgan fingerprint density at radius 1 is 1.04 bits per heavy atom. The Labute approximate surface area is 142 Å². The normalized spacial score (nSPS) is 20.0. The molecule has 0 aliphatic carbocycles. The number of nitrogen functional groups attached to an aromatic ring is 1. The predicted molar refractivity (Wildman–Crippen MR) is 94.4 cm³/mol. The molecule has 1 aromatic rings. The zero-order chi connectivity index (χ0) is 17.1. The first-order chi connectivity index (χ1) is 11.6. The van der Waals surface area contributed by atoms with Gasteiger partial charge in [-0.2, -0.15) is 9.97 Å². The molecule has 2 aliphatic rings. The smallest absolute Gasteiger partial charge is 0.353 e. The van der Waals surface area contributed by atoms with E-state index >= 15 is 0 Å². The largest absolute Gasteiger partial charge is 0.378 e. The van der Waals surface area contributed by atoms with Gasteiger partial charge in [-0.25, -0.2) is 0 Å². The number of hydrogen-bond donors (Lipinski definition) is 1. The maximum absolute atomic E-state index is 11.5. The summed E-state index contributed by atoms with van der Waals surface area (Å²) in [4.78, 5) is 24.0. The van der Waals surface area contributed by atoms with Gasteiger partial charge in [0.2, 0.25) is 17.6 Å². The first-order valence-electron chi connectivity index (χ1n) is 8.88. The summed E-state index contributed by atoms with van der Waals surface area (Å²) in [7, 11) is 0. The molecule has 0 aromatic carbocycles. The number of hydrogen-bond acceptors (Lipinski definition) is 7. The van der Waals surface area contributed by atoms with Crippen LogP contribution in [-0.2, 0) is 0 Å². The van der Waals surface area contributed by atoms with Crippen molar-refractivity contribution in [3.05, 3.63) is 10.1 Å². The molecule has 0 unspecified atom stereocenters. The molecule has 3 rings (SSSR count). The fourth-order valence-electron chi connectivity index (χ4n) is 3.48. The molecular formula is C16H26N6O2. The summed E-state index contributed by atoms with van der Waals surface area (Å²) >= 11 is 0. The molecule has 132 valence electrons. The average Bonchev–Trinajstić information content (AvgIpc) is 2.83. The quantitative estimate of drug-likeness (QED) is 0.669. The molecule has 0 bridgehead atoms. The molecule has 2 saturated heterocycles. The second kappa shape index (κ2) is 7.19. The highest BCUT2D eigenvalue weighted by Gasteiger charge is 2.29. The molecule has 0 saturated carbocycles. The second-order valence-electron chi connectivity index (χ2n) is 6.91. The van der Waals surface area contributed by atoms with Gasteiger partial charge < -0.3 is 15.5 Å². The van der Waals surface area contributed by atoms with Gasteiger partial charge in [-0.15, -0.1) is 0 Å². The van der Waals surface area contributed by atoms with Crippen LogP contribution in [0.3, 0.4) is 0 Å². The lowest BCUT2D eigenvalue weighted by atomic mass is 10.00. The fourth-order valence-corrected chi connectivity index (χ4v) is 3.48. The van der Waals surface area contributed by atoms with Crippen LogP contribution < -0.4 is 15.5 Å².